The van der Waals surface area contributed by atoms with E-state index in [4.69, 9.17) is 12.2 Å². The van der Waals surface area contributed by atoms with Crippen molar-refractivity contribution in [3.05, 3.63) is 35.6 Å². The molecule has 1 N–H and O–H groups in total. The number of benzene rings is 1. The number of nitrogens with one attached hydrogen (secondary N) is 1. The number of rotatable bonds is 1. The lowest BCUT2D eigenvalue weighted by Gasteiger charge is -2.35. The number of nitrogens with zero attached hydrogens (tertiary/aromatic N) is 1. The smallest absolute Gasteiger partial charge is 0.348 e. The Bertz CT molecular complexity index is 559. The summed E-state index contributed by atoms with van der Waals surface area (Å²) in [7, 11) is 0. The quantitative estimate of drug-likeness (QED) is 0.633. The Kier molecular flexibility index (Phi) is 5.00. The predicted molar refractivity (Wildman–Crippen MR) is 76.8 cm³/mol. The van der Waals surface area contributed by atoms with E-state index in [0.717, 1.165) is 12.1 Å². The molecule has 1 amide bonds. The minimum atomic E-state index is -4.27. The van der Waals surface area contributed by atoms with Crippen LogP contribution in [0.3, 0.4) is 0 Å². The largest absolute Gasteiger partial charge is 0.393 e. The first kappa shape index (κ1) is 16.7. The van der Waals surface area contributed by atoms with Crippen LogP contribution in [0.2, 0.25) is 0 Å². The van der Waals surface area contributed by atoms with Crippen LogP contribution in [0.15, 0.2) is 24.3 Å². The van der Waals surface area contributed by atoms with Gasteiger partial charge in [0, 0.05) is 18.7 Å². The molecule has 0 spiro atoms. The SMILES string of the molecule is O=C(NC(=S)N1CCC[C@H](C(F)(F)F)C1)c1ccc(F)cc1. The second-order valence-corrected chi connectivity index (χ2v) is 5.48. The van der Waals surface area contributed by atoms with Crippen LogP contribution in [-0.2, 0) is 0 Å². The van der Waals surface area contributed by atoms with Crippen LogP contribution in [0.25, 0.3) is 0 Å². The van der Waals surface area contributed by atoms with Crippen LogP contribution in [0, 0.1) is 11.7 Å². The van der Waals surface area contributed by atoms with Gasteiger partial charge < -0.3 is 4.90 Å². The van der Waals surface area contributed by atoms with Gasteiger partial charge in [0.2, 0.25) is 0 Å². The van der Waals surface area contributed by atoms with Gasteiger partial charge in [0.25, 0.3) is 5.91 Å². The van der Waals surface area contributed by atoms with Gasteiger partial charge in [-0.05, 0) is 49.3 Å². The summed E-state index contributed by atoms with van der Waals surface area (Å²) in [6.45, 7) is 0.112. The fourth-order valence-corrected chi connectivity index (χ4v) is 2.54. The molecule has 0 aliphatic carbocycles. The van der Waals surface area contributed by atoms with Crippen molar-refractivity contribution in [2.75, 3.05) is 13.1 Å². The van der Waals surface area contributed by atoms with Crippen molar-refractivity contribution < 1.29 is 22.4 Å². The van der Waals surface area contributed by atoms with E-state index >= 15 is 0 Å². The number of carbonyl (C=O) groups is 1. The van der Waals surface area contributed by atoms with E-state index in [1.807, 2.05) is 0 Å². The number of likely N-dealkylation sites (tertiary alicyclic amines) is 1. The van der Waals surface area contributed by atoms with Gasteiger partial charge in [-0.1, -0.05) is 0 Å². The van der Waals surface area contributed by atoms with E-state index in [1.165, 1.54) is 17.0 Å². The molecule has 1 heterocycles. The van der Waals surface area contributed by atoms with E-state index in [2.05, 4.69) is 5.32 Å². The van der Waals surface area contributed by atoms with Gasteiger partial charge in [-0.15, -0.1) is 0 Å². The van der Waals surface area contributed by atoms with Gasteiger partial charge in [-0.25, -0.2) is 4.39 Å². The van der Waals surface area contributed by atoms with Crippen LogP contribution in [0.1, 0.15) is 23.2 Å². The molecule has 1 saturated heterocycles. The van der Waals surface area contributed by atoms with Gasteiger partial charge in [0.1, 0.15) is 5.82 Å². The average molecular weight is 334 g/mol. The van der Waals surface area contributed by atoms with Crippen LogP contribution in [0.4, 0.5) is 17.6 Å². The zero-order chi connectivity index (χ0) is 16.3. The molecule has 120 valence electrons. The third kappa shape index (κ3) is 4.16. The molecule has 1 fully saturated rings. The number of piperidine rings is 1. The normalized spacial score (nSPS) is 18.9. The molecule has 1 aromatic carbocycles. The molecule has 1 aliphatic heterocycles. The number of amides is 1. The van der Waals surface area contributed by atoms with Crippen molar-refractivity contribution in [2.24, 2.45) is 5.92 Å². The molecule has 1 atom stereocenters. The Morgan fingerprint density at radius 1 is 1.27 bits per heavy atom. The first-order chi connectivity index (χ1) is 10.3. The molecule has 0 unspecified atom stereocenters. The average Bonchev–Trinajstić information content (AvgIpc) is 2.47. The van der Waals surface area contributed by atoms with Crippen molar-refractivity contribution in [1.29, 1.82) is 0 Å². The maximum absolute atomic E-state index is 12.8. The monoisotopic (exact) mass is 334 g/mol. The van der Waals surface area contributed by atoms with E-state index < -0.39 is 23.8 Å². The maximum Gasteiger partial charge on any atom is 0.393 e. The summed E-state index contributed by atoms with van der Waals surface area (Å²) in [6, 6.07) is 4.81. The summed E-state index contributed by atoms with van der Waals surface area (Å²) >= 11 is 5.00. The third-order valence-corrected chi connectivity index (χ3v) is 3.86. The van der Waals surface area contributed by atoms with Gasteiger partial charge in [0.05, 0.1) is 5.92 Å². The molecule has 22 heavy (non-hydrogen) atoms. The number of hydrogen-bond donors (Lipinski definition) is 1. The van der Waals surface area contributed by atoms with Crippen molar-refractivity contribution in [1.82, 2.24) is 10.2 Å². The highest BCUT2D eigenvalue weighted by molar-refractivity contribution is 7.80. The highest BCUT2D eigenvalue weighted by atomic mass is 32.1. The van der Waals surface area contributed by atoms with E-state index in [-0.39, 0.29) is 23.6 Å². The molecule has 8 heteroatoms. The molecule has 1 aliphatic rings. The minimum absolute atomic E-state index is 0.0386. The van der Waals surface area contributed by atoms with Crippen molar-refractivity contribution >= 4 is 23.2 Å². The molecule has 0 saturated carbocycles. The second-order valence-electron chi connectivity index (χ2n) is 5.09. The summed E-state index contributed by atoms with van der Waals surface area (Å²) in [5, 5.41) is 2.35. The van der Waals surface area contributed by atoms with Gasteiger partial charge in [-0.2, -0.15) is 13.2 Å². The number of thiocarbonyl (C=S) groups is 1. The van der Waals surface area contributed by atoms with Crippen LogP contribution in [0.5, 0.6) is 0 Å². The Morgan fingerprint density at radius 2 is 1.91 bits per heavy atom. The Hall–Kier alpha value is -1.70. The lowest BCUT2D eigenvalue weighted by atomic mass is 9.98. The van der Waals surface area contributed by atoms with Gasteiger partial charge in [0.15, 0.2) is 5.11 Å². The highest BCUT2D eigenvalue weighted by Crippen LogP contribution is 2.33. The molecular weight excluding hydrogens is 320 g/mol. The summed E-state index contributed by atoms with van der Waals surface area (Å²) in [5.74, 6) is -2.50. The number of carbonyl (C=O) groups excluding carboxylic acids is 1. The zero-order valence-corrected chi connectivity index (χ0v) is 12.3. The lowest BCUT2D eigenvalue weighted by Crippen LogP contribution is -2.49. The van der Waals surface area contributed by atoms with Crippen LogP contribution >= 0.6 is 12.2 Å². The molecule has 0 radical (unpaired) electrons. The number of alkyl halides is 3. The van der Waals surface area contributed by atoms with Crippen molar-refractivity contribution in [3.63, 3.8) is 0 Å². The van der Waals surface area contributed by atoms with Crippen molar-refractivity contribution in [2.45, 2.75) is 19.0 Å². The first-order valence-electron chi connectivity index (χ1n) is 6.70. The standard InChI is InChI=1S/C14H14F4N2OS/c15-11-5-3-9(4-6-11)12(21)19-13(22)20-7-1-2-10(8-20)14(16,17)18/h3-6,10H,1-2,7-8H2,(H,19,21,22)/t10-/m0/s1. The molecule has 3 nitrogen and oxygen atoms in total. The Labute approximate surface area is 130 Å². The fourth-order valence-electron chi connectivity index (χ4n) is 2.28. The van der Waals surface area contributed by atoms with E-state index in [0.29, 0.717) is 13.0 Å². The first-order valence-corrected chi connectivity index (χ1v) is 7.11. The van der Waals surface area contributed by atoms with Crippen LogP contribution < -0.4 is 5.32 Å². The second kappa shape index (κ2) is 6.60. The van der Waals surface area contributed by atoms with Crippen LogP contribution in [-0.4, -0.2) is 35.2 Å². The van der Waals surface area contributed by atoms with Gasteiger partial charge in [-0.3, -0.25) is 10.1 Å². The van der Waals surface area contributed by atoms with Crippen molar-refractivity contribution in [3.8, 4) is 0 Å². The summed E-state index contributed by atoms with van der Waals surface area (Å²) in [6.07, 6.45) is -3.85. The molecule has 2 rings (SSSR count). The minimum Gasteiger partial charge on any atom is -0.348 e. The van der Waals surface area contributed by atoms with E-state index in [1.54, 1.807) is 0 Å². The predicted octanol–water partition coefficient (Wildman–Crippen LogP) is 3.11. The number of halogens is 4. The third-order valence-electron chi connectivity index (χ3n) is 3.50. The Morgan fingerprint density at radius 3 is 2.50 bits per heavy atom. The topological polar surface area (TPSA) is 32.3 Å². The molecule has 1 aromatic rings. The maximum atomic E-state index is 12.8. The summed E-state index contributed by atoms with van der Waals surface area (Å²) in [5.41, 5.74) is 0.188. The molecule has 0 aromatic heterocycles. The van der Waals surface area contributed by atoms with E-state index in [9.17, 15) is 22.4 Å². The summed E-state index contributed by atoms with van der Waals surface area (Å²) < 4.78 is 51.0. The summed E-state index contributed by atoms with van der Waals surface area (Å²) in [4.78, 5) is 13.3. The highest BCUT2D eigenvalue weighted by Gasteiger charge is 2.42. The zero-order valence-electron chi connectivity index (χ0n) is 11.5. The van der Waals surface area contributed by atoms with Gasteiger partial charge >= 0.3 is 6.18 Å². The Balaban J connectivity index is 1.96. The fraction of sp³-hybridized carbons (Fsp3) is 0.429. The molecular formula is C14H14F4N2OS. The lowest BCUT2D eigenvalue weighted by molar-refractivity contribution is -0.183. The molecule has 0 bridgehead atoms. The number of hydrogen-bond acceptors (Lipinski definition) is 2.